The average molecular weight is 311 g/mol. The van der Waals surface area contributed by atoms with E-state index in [1.807, 2.05) is 11.8 Å². The highest BCUT2D eigenvalue weighted by Gasteiger charge is 2.28. The summed E-state index contributed by atoms with van der Waals surface area (Å²) < 4.78 is 0. The van der Waals surface area contributed by atoms with E-state index in [0.29, 0.717) is 29.1 Å². The molecular weight excluding hydrogens is 286 g/mol. The molecule has 2 rings (SSSR count). The van der Waals surface area contributed by atoms with Crippen molar-refractivity contribution in [3.8, 4) is 0 Å². The van der Waals surface area contributed by atoms with Crippen LogP contribution >= 0.6 is 11.8 Å². The molecule has 0 amide bonds. The Hall–Kier alpha value is -1.28. The van der Waals surface area contributed by atoms with Crippen LogP contribution in [0.3, 0.4) is 0 Å². The van der Waals surface area contributed by atoms with E-state index in [4.69, 9.17) is 5.84 Å². The van der Waals surface area contributed by atoms with Crippen molar-refractivity contribution in [2.24, 2.45) is 5.84 Å². The molecule has 8 heteroatoms. The van der Waals surface area contributed by atoms with Gasteiger partial charge in [0, 0.05) is 36.7 Å². The van der Waals surface area contributed by atoms with E-state index in [9.17, 15) is 0 Å². The molecule has 2 atom stereocenters. The molecule has 0 bridgehead atoms. The molecule has 1 fully saturated rings. The Morgan fingerprint density at radius 1 is 1.29 bits per heavy atom. The molecule has 0 radical (unpaired) electrons. The molecule has 2 heterocycles. The second kappa shape index (κ2) is 7.13. The van der Waals surface area contributed by atoms with E-state index in [2.05, 4.69) is 57.9 Å². The zero-order valence-electron chi connectivity index (χ0n) is 13.2. The third-order valence-electron chi connectivity index (χ3n) is 3.93. The molecule has 1 aliphatic rings. The maximum Gasteiger partial charge on any atom is 0.243 e. The van der Waals surface area contributed by atoms with Gasteiger partial charge in [0.25, 0.3) is 0 Å². The van der Waals surface area contributed by atoms with Gasteiger partial charge in [0.1, 0.15) is 0 Å². The van der Waals surface area contributed by atoms with Gasteiger partial charge in [-0.2, -0.15) is 26.7 Å². The third-order valence-corrected chi connectivity index (χ3v) is 5.27. The van der Waals surface area contributed by atoms with Gasteiger partial charge in [0.2, 0.25) is 17.8 Å². The standard InChI is InChI=1S/C13H25N7S/c1-5-19(6-2)12-15-11(18-14)16-13(17-12)20-7-8-21-10(4)9(20)3/h9-10H,5-8,14H2,1-4H3,(H,15,16,17,18). The molecule has 118 valence electrons. The SMILES string of the molecule is CCN(CC)c1nc(NN)nc(N2CCSC(C)C2C)n1. The number of hydrazine groups is 1. The number of nitrogens with two attached hydrogens (primary N) is 1. The second-order valence-corrected chi connectivity index (χ2v) is 6.57. The molecule has 7 nitrogen and oxygen atoms in total. The van der Waals surface area contributed by atoms with Crippen LogP contribution in [0.25, 0.3) is 0 Å². The lowest BCUT2D eigenvalue weighted by Crippen LogP contribution is -2.46. The van der Waals surface area contributed by atoms with Gasteiger partial charge in [-0.05, 0) is 20.8 Å². The van der Waals surface area contributed by atoms with Crippen LogP contribution in [0.5, 0.6) is 0 Å². The van der Waals surface area contributed by atoms with Crippen LogP contribution in [0, 0.1) is 0 Å². The second-order valence-electron chi connectivity index (χ2n) is 5.09. The van der Waals surface area contributed by atoms with Crippen molar-refractivity contribution in [1.29, 1.82) is 0 Å². The maximum absolute atomic E-state index is 5.52. The van der Waals surface area contributed by atoms with E-state index in [1.54, 1.807) is 0 Å². The van der Waals surface area contributed by atoms with Crippen LogP contribution < -0.4 is 21.1 Å². The van der Waals surface area contributed by atoms with Crippen LogP contribution in [0.4, 0.5) is 17.8 Å². The number of nitrogens with zero attached hydrogens (tertiary/aromatic N) is 5. The van der Waals surface area contributed by atoms with Crippen molar-refractivity contribution >= 4 is 29.6 Å². The van der Waals surface area contributed by atoms with E-state index in [0.717, 1.165) is 25.4 Å². The molecule has 1 aliphatic heterocycles. The summed E-state index contributed by atoms with van der Waals surface area (Å²) in [6.45, 7) is 11.3. The number of nitrogens with one attached hydrogen (secondary N) is 1. The molecule has 0 saturated carbocycles. The Kier molecular flexibility index (Phi) is 5.46. The Bertz CT molecular complexity index is 466. The summed E-state index contributed by atoms with van der Waals surface area (Å²) in [7, 11) is 0. The predicted octanol–water partition coefficient (Wildman–Crippen LogP) is 1.33. The van der Waals surface area contributed by atoms with Crippen molar-refractivity contribution in [1.82, 2.24) is 15.0 Å². The molecule has 1 saturated heterocycles. The largest absolute Gasteiger partial charge is 0.341 e. The molecule has 0 aromatic carbocycles. The molecule has 0 aliphatic carbocycles. The highest BCUT2D eigenvalue weighted by molar-refractivity contribution is 8.00. The minimum atomic E-state index is 0.390. The first-order chi connectivity index (χ1) is 10.1. The summed E-state index contributed by atoms with van der Waals surface area (Å²) >= 11 is 1.99. The summed E-state index contributed by atoms with van der Waals surface area (Å²) in [5, 5.41) is 0.557. The van der Waals surface area contributed by atoms with Crippen molar-refractivity contribution in [2.45, 2.75) is 39.0 Å². The normalized spacial score (nSPS) is 22.2. The topological polar surface area (TPSA) is 83.2 Å². The van der Waals surface area contributed by atoms with Gasteiger partial charge < -0.3 is 9.80 Å². The van der Waals surface area contributed by atoms with Crippen LogP contribution in [0.1, 0.15) is 27.7 Å². The van der Waals surface area contributed by atoms with Crippen molar-refractivity contribution in [2.75, 3.05) is 40.6 Å². The Labute approximate surface area is 130 Å². The molecule has 2 unspecified atom stereocenters. The smallest absolute Gasteiger partial charge is 0.243 e. The Morgan fingerprint density at radius 2 is 2.00 bits per heavy atom. The summed E-state index contributed by atoms with van der Waals surface area (Å²) in [6.07, 6.45) is 0. The van der Waals surface area contributed by atoms with Gasteiger partial charge in [0.05, 0.1) is 0 Å². The summed E-state index contributed by atoms with van der Waals surface area (Å²) in [5.41, 5.74) is 2.56. The third kappa shape index (κ3) is 3.49. The number of nitrogen functional groups attached to an aromatic ring is 1. The lowest BCUT2D eigenvalue weighted by atomic mass is 10.2. The Balaban J connectivity index is 2.36. The summed E-state index contributed by atoms with van der Waals surface area (Å²) in [5.74, 6) is 8.41. The highest BCUT2D eigenvalue weighted by Crippen LogP contribution is 2.28. The average Bonchev–Trinajstić information content (AvgIpc) is 2.51. The molecule has 21 heavy (non-hydrogen) atoms. The Morgan fingerprint density at radius 3 is 2.62 bits per heavy atom. The van der Waals surface area contributed by atoms with Crippen molar-refractivity contribution in [3.05, 3.63) is 0 Å². The number of aromatic nitrogens is 3. The lowest BCUT2D eigenvalue weighted by Gasteiger charge is -2.37. The van der Waals surface area contributed by atoms with Gasteiger partial charge in [0.15, 0.2) is 0 Å². The fourth-order valence-electron chi connectivity index (χ4n) is 2.41. The zero-order chi connectivity index (χ0) is 15.4. The van der Waals surface area contributed by atoms with Crippen molar-refractivity contribution in [3.63, 3.8) is 0 Å². The summed E-state index contributed by atoms with van der Waals surface area (Å²) in [4.78, 5) is 17.8. The fourth-order valence-corrected chi connectivity index (χ4v) is 3.51. The number of rotatable bonds is 5. The number of anilines is 3. The molecule has 0 spiro atoms. The fraction of sp³-hybridized carbons (Fsp3) is 0.769. The number of hydrogen-bond donors (Lipinski definition) is 2. The monoisotopic (exact) mass is 311 g/mol. The zero-order valence-corrected chi connectivity index (χ0v) is 14.0. The van der Waals surface area contributed by atoms with Crippen LogP contribution in [-0.4, -0.2) is 51.6 Å². The van der Waals surface area contributed by atoms with Gasteiger partial charge in [-0.1, -0.05) is 6.92 Å². The molecule has 3 N–H and O–H groups in total. The number of hydrogen-bond acceptors (Lipinski definition) is 8. The van der Waals surface area contributed by atoms with E-state index in [-0.39, 0.29) is 0 Å². The minimum Gasteiger partial charge on any atom is -0.341 e. The summed E-state index contributed by atoms with van der Waals surface area (Å²) in [6, 6.07) is 0.390. The van der Waals surface area contributed by atoms with Crippen LogP contribution in [0.2, 0.25) is 0 Å². The van der Waals surface area contributed by atoms with Crippen molar-refractivity contribution < 1.29 is 0 Å². The molecule has 1 aromatic heterocycles. The first kappa shape index (κ1) is 16.1. The quantitative estimate of drug-likeness (QED) is 0.622. The van der Waals surface area contributed by atoms with E-state index >= 15 is 0 Å². The first-order valence-corrected chi connectivity index (χ1v) is 8.51. The minimum absolute atomic E-state index is 0.390. The highest BCUT2D eigenvalue weighted by atomic mass is 32.2. The first-order valence-electron chi connectivity index (χ1n) is 7.46. The van der Waals surface area contributed by atoms with Crippen LogP contribution in [0.15, 0.2) is 0 Å². The van der Waals surface area contributed by atoms with Gasteiger partial charge in [-0.3, -0.25) is 5.43 Å². The predicted molar refractivity (Wildman–Crippen MR) is 89.9 cm³/mol. The van der Waals surface area contributed by atoms with E-state index in [1.165, 1.54) is 0 Å². The molecular formula is C13H25N7S. The number of thioether (sulfide) groups is 1. The maximum atomic E-state index is 5.52. The van der Waals surface area contributed by atoms with Crippen LogP contribution in [-0.2, 0) is 0 Å². The molecule has 1 aromatic rings. The van der Waals surface area contributed by atoms with Gasteiger partial charge >= 0.3 is 0 Å². The lowest BCUT2D eigenvalue weighted by molar-refractivity contribution is 0.610. The van der Waals surface area contributed by atoms with E-state index < -0.39 is 0 Å². The van der Waals surface area contributed by atoms with Gasteiger partial charge in [-0.25, -0.2) is 5.84 Å². The van der Waals surface area contributed by atoms with Gasteiger partial charge in [-0.15, -0.1) is 0 Å².